The van der Waals surface area contributed by atoms with Crippen LogP contribution in [0.5, 0.6) is 0 Å². The highest BCUT2D eigenvalue weighted by Crippen LogP contribution is 2.82. The van der Waals surface area contributed by atoms with Crippen molar-refractivity contribution in [1.29, 1.82) is 0 Å². The summed E-state index contributed by atoms with van der Waals surface area (Å²) in [6.07, 6.45) is 8.45. The lowest BCUT2D eigenvalue weighted by atomic mass is 9.43. The van der Waals surface area contributed by atoms with Crippen molar-refractivity contribution in [3.8, 4) is 0 Å². The Kier molecular flexibility index (Phi) is 6.25. The van der Waals surface area contributed by atoms with Gasteiger partial charge in [0.2, 0.25) is 0 Å². The van der Waals surface area contributed by atoms with Crippen LogP contribution >= 0.6 is 0 Å². The molecule has 1 aliphatic heterocycles. The monoisotopic (exact) mass is 524 g/mol. The fourth-order valence-corrected chi connectivity index (χ4v) is 9.98. The number of rotatable bonds is 8. The van der Waals surface area contributed by atoms with Gasteiger partial charge in [0.1, 0.15) is 11.7 Å². The zero-order valence-corrected chi connectivity index (χ0v) is 23.6. The molecule has 3 saturated carbocycles. The van der Waals surface area contributed by atoms with E-state index in [1.165, 1.54) is 5.69 Å². The molecule has 7 nitrogen and oxygen atoms in total. The molecule has 9 atom stereocenters. The molecular formula is C31H44N2O5. The van der Waals surface area contributed by atoms with Crippen molar-refractivity contribution in [2.75, 3.05) is 19.7 Å². The number of carbonyl (C=O) groups excluding carboxylic acids is 1. The van der Waals surface area contributed by atoms with E-state index >= 15 is 0 Å². The number of carbonyl (C=O) groups is 2. The van der Waals surface area contributed by atoms with E-state index in [4.69, 9.17) is 9.47 Å². The number of fused-ring (bicyclic) bond motifs is 2. The first-order valence-corrected chi connectivity index (χ1v) is 14.6. The quantitative estimate of drug-likeness (QED) is 0.398. The maximum Gasteiger partial charge on any atom is 0.315 e. The van der Waals surface area contributed by atoms with Gasteiger partial charge in [0.05, 0.1) is 24.7 Å². The molecule has 2 heterocycles. The minimum Gasteiger partial charge on any atom is -0.481 e. The Hall–Kier alpha value is -1.96. The number of carboxylic acid groups (broad SMARTS) is 1. The summed E-state index contributed by atoms with van der Waals surface area (Å²) >= 11 is 0. The Morgan fingerprint density at radius 2 is 2.05 bits per heavy atom. The van der Waals surface area contributed by atoms with Gasteiger partial charge >= 0.3 is 5.97 Å². The van der Waals surface area contributed by atoms with Gasteiger partial charge in [0.25, 0.3) is 0 Å². The molecule has 5 aliphatic rings. The molecule has 6 rings (SSSR count). The van der Waals surface area contributed by atoms with Gasteiger partial charge < -0.3 is 23.9 Å². The minimum absolute atomic E-state index is 0.0178. The van der Waals surface area contributed by atoms with E-state index in [-0.39, 0.29) is 23.9 Å². The fraction of sp³-hybridized carbons (Fsp3) is 0.742. The van der Waals surface area contributed by atoms with Crippen molar-refractivity contribution in [1.82, 2.24) is 9.47 Å². The largest absolute Gasteiger partial charge is 0.481 e. The Balaban J connectivity index is 1.33. The number of nitrogens with zero attached hydrogens (tertiary/aromatic N) is 2. The highest BCUT2D eigenvalue weighted by Gasteiger charge is 2.84. The molecule has 1 unspecified atom stereocenters. The van der Waals surface area contributed by atoms with E-state index in [0.717, 1.165) is 44.2 Å². The van der Waals surface area contributed by atoms with Gasteiger partial charge in [-0.3, -0.25) is 9.69 Å². The first-order valence-electron chi connectivity index (χ1n) is 14.6. The van der Waals surface area contributed by atoms with Crippen LogP contribution in [0.2, 0.25) is 0 Å². The number of aromatic nitrogens is 1. The zero-order chi connectivity index (χ0) is 27.0. The van der Waals surface area contributed by atoms with Gasteiger partial charge in [-0.25, -0.2) is 0 Å². The third-order valence-electron chi connectivity index (χ3n) is 11.4. The predicted molar refractivity (Wildman–Crippen MR) is 143 cm³/mol. The minimum atomic E-state index is -1.20. The van der Waals surface area contributed by atoms with Crippen LogP contribution in [-0.2, 0) is 32.7 Å². The Morgan fingerprint density at radius 3 is 2.71 bits per heavy atom. The zero-order valence-electron chi connectivity index (χ0n) is 23.6. The number of aryl methyl sites for hydroxylation is 1. The van der Waals surface area contributed by atoms with E-state index in [0.29, 0.717) is 31.4 Å². The second-order valence-electron chi connectivity index (χ2n) is 13.5. The van der Waals surface area contributed by atoms with Crippen molar-refractivity contribution in [3.05, 3.63) is 35.7 Å². The Morgan fingerprint density at radius 1 is 1.26 bits per heavy atom. The van der Waals surface area contributed by atoms with Gasteiger partial charge in [0, 0.05) is 37.4 Å². The Bertz CT molecular complexity index is 1140. The number of aldehydes is 1. The SMILES string of the molecule is CC(C)C1=C[C@H]2C[C@]3(C=O)[C@@H]4CC[C@@H](C)[C@H]4CC2(CO[C@H]2CN(Cc4cccn4C)C[C@@H](C)O2)[C@]13C(=O)O. The van der Waals surface area contributed by atoms with Crippen molar-refractivity contribution in [2.45, 2.75) is 72.3 Å². The number of hydrogen-bond donors (Lipinski definition) is 1. The van der Waals surface area contributed by atoms with Crippen LogP contribution < -0.4 is 0 Å². The smallest absolute Gasteiger partial charge is 0.315 e. The van der Waals surface area contributed by atoms with E-state index in [9.17, 15) is 14.7 Å². The molecular weight excluding hydrogens is 480 g/mol. The second kappa shape index (κ2) is 9.03. The molecule has 0 aromatic carbocycles. The maximum atomic E-state index is 13.6. The summed E-state index contributed by atoms with van der Waals surface area (Å²) in [5, 5.41) is 11.2. The van der Waals surface area contributed by atoms with E-state index < -0.39 is 28.5 Å². The number of hydrogen-bond acceptors (Lipinski definition) is 5. The summed E-state index contributed by atoms with van der Waals surface area (Å²) in [6.45, 7) is 11.1. The van der Waals surface area contributed by atoms with E-state index in [1.807, 2.05) is 0 Å². The summed E-state index contributed by atoms with van der Waals surface area (Å²) < 4.78 is 15.1. The van der Waals surface area contributed by atoms with Crippen molar-refractivity contribution in [3.63, 3.8) is 0 Å². The summed E-state index contributed by atoms with van der Waals surface area (Å²) in [5.74, 6) is 0.280. The highest BCUT2D eigenvalue weighted by atomic mass is 16.7. The summed E-state index contributed by atoms with van der Waals surface area (Å²) in [6, 6.07) is 4.20. The van der Waals surface area contributed by atoms with Crippen LogP contribution in [0.3, 0.4) is 0 Å². The molecule has 0 spiro atoms. The van der Waals surface area contributed by atoms with Crippen molar-refractivity contribution in [2.24, 2.45) is 52.9 Å². The summed E-state index contributed by atoms with van der Waals surface area (Å²) in [7, 11) is 2.06. The van der Waals surface area contributed by atoms with Crippen LogP contribution in [0.15, 0.2) is 30.0 Å². The average molecular weight is 525 g/mol. The van der Waals surface area contributed by atoms with Crippen LogP contribution in [0, 0.1) is 45.8 Å². The number of ether oxygens (including phenoxy) is 2. The highest BCUT2D eigenvalue weighted by molar-refractivity contribution is 5.90. The van der Waals surface area contributed by atoms with Crippen molar-refractivity contribution < 1.29 is 24.2 Å². The van der Waals surface area contributed by atoms with Crippen LogP contribution in [0.1, 0.15) is 59.1 Å². The lowest BCUT2D eigenvalue weighted by Crippen LogP contribution is -2.64. The van der Waals surface area contributed by atoms with Crippen LogP contribution in [0.4, 0.5) is 0 Å². The summed E-state index contributed by atoms with van der Waals surface area (Å²) in [4.78, 5) is 29.2. The van der Waals surface area contributed by atoms with E-state index in [1.54, 1.807) is 0 Å². The number of carboxylic acids is 1. The van der Waals surface area contributed by atoms with Crippen LogP contribution in [0.25, 0.3) is 0 Å². The molecule has 4 fully saturated rings. The van der Waals surface area contributed by atoms with E-state index in [2.05, 4.69) is 68.6 Å². The molecule has 38 heavy (non-hydrogen) atoms. The third-order valence-corrected chi connectivity index (χ3v) is 11.4. The molecule has 1 N–H and O–H groups in total. The Labute approximate surface area is 226 Å². The molecule has 208 valence electrons. The predicted octanol–water partition coefficient (Wildman–Crippen LogP) is 4.51. The molecule has 1 aromatic rings. The lowest BCUT2D eigenvalue weighted by molar-refractivity contribution is -0.237. The number of allylic oxidation sites excluding steroid dienone is 1. The first kappa shape index (κ1) is 26.3. The molecule has 1 aromatic heterocycles. The molecule has 0 radical (unpaired) electrons. The van der Waals surface area contributed by atoms with Gasteiger partial charge in [-0.15, -0.1) is 0 Å². The van der Waals surface area contributed by atoms with Gasteiger partial charge in [-0.1, -0.05) is 38.8 Å². The number of morpholine rings is 1. The summed E-state index contributed by atoms with van der Waals surface area (Å²) in [5.41, 5.74) is -0.474. The maximum absolute atomic E-state index is 13.6. The molecule has 4 bridgehead atoms. The topological polar surface area (TPSA) is 81.0 Å². The molecule has 7 heteroatoms. The fourth-order valence-electron chi connectivity index (χ4n) is 9.98. The van der Waals surface area contributed by atoms with Gasteiger partial charge in [0.15, 0.2) is 6.29 Å². The standard InChI is InChI=1S/C31H44N2O5/c1-19(2)26-11-22-12-29(17-34)25-9-8-20(3)24(25)13-30(22,31(26,29)28(35)36)18-37-27-16-33(14-21(4)38-27)15-23-7-6-10-32(23)5/h6-7,10-11,17,19-22,24-25,27H,8-9,12-16,18H2,1-5H3,(H,35,36)/t20-,21-,22+,24-,25-,27-,29+,30?,31+/m1/s1. The third kappa shape index (κ3) is 3.30. The average Bonchev–Trinajstić information content (AvgIpc) is 3.57. The normalized spacial score (nSPS) is 43.9. The molecule has 4 aliphatic carbocycles. The molecule has 1 saturated heterocycles. The van der Waals surface area contributed by atoms with Crippen LogP contribution in [-0.4, -0.2) is 58.9 Å². The molecule has 0 amide bonds. The second-order valence-corrected chi connectivity index (χ2v) is 13.5. The van der Waals surface area contributed by atoms with Crippen molar-refractivity contribution >= 4 is 12.3 Å². The first-order chi connectivity index (χ1) is 18.1. The lowest BCUT2D eigenvalue weighted by Gasteiger charge is -2.58. The van der Waals surface area contributed by atoms with Gasteiger partial charge in [-0.05, 0) is 67.9 Å². The van der Waals surface area contributed by atoms with Gasteiger partial charge in [-0.2, -0.15) is 0 Å². The number of aliphatic carboxylic acids is 1.